The zero-order valence-corrected chi connectivity index (χ0v) is 23.3. The van der Waals surface area contributed by atoms with Gasteiger partial charge in [-0.25, -0.2) is 9.97 Å². The highest BCUT2D eigenvalue weighted by Crippen LogP contribution is 2.32. The van der Waals surface area contributed by atoms with E-state index in [-0.39, 0.29) is 42.6 Å². The molecule has 0 saturated carbocycles. The number of Topliss-reactive ketones (excluding diaryl/α,β-unsaturated/α-hetero) is 1. The van der Waals surface area contributed by atoms with Gasteiger partial charge in [0.25, 0.3) is 0 Å². The zero-order chi connectivity index (χ0) is 28.6. The van der Waals surface area contributed by atoms with Crippen LogP contribution in [0.1, 0.15) is 54.8 Å². The van der Waals surface area contributed by atoms with Crippen molar-refractivity contribution < 1.29 is 14.4 Å². The van der Waals surface area contributed by atoms with E-state index in [1.807, 2.05) is 39.8 Å². The monoisotopic (exact) mass is 540 g/mol. The highest BCUT2D eigenvalue weighted by Gasteiger charge is 2.43. The fourth-order valence-electron chi connectivity index (χ4n) is 5.40. The Kier molecular flexibility index (Phi) is 7.38. The number of nitrogens with one attached hydrogen (secondary N) is 1. The minimum atomic E-state index is -0.613. The number of hydrogen-bond acceptors (Lipinski definition) is 8. The molecule has 4 heterocycles. The van der Waals surface area contributed by atoms with Crippen LogP contribution in [0.5, 0.6) is 0 Å². The van der Waals surface area contributed by atoms with Crippen molar-refractivity contribution in [2.45, 2.75) is 66.2 Å². The molecule has 1 aliphatic rings. The van der Waals surface area contributed by atoms with E-state index in [1.165, 1.54) is 6.92 Å². The Morgan fingerprint density at radius 3 is 2.50 bits per heavy atom. The summed E-state index contributed by atoms with van der Waals surface area (Å²) in [6, 6.07) is 6.66. The number of nitrogens with zero attached hydrogens (tertiary/aromatic N) is 7. The first-order valence-electron chi connectivity index (χ1n) is 13.3. The van der Waals surface area contributed by atoms with Crippen molar-refractivity contribution in [3.63, 3.8) is 0 Å². The van der Waals surface area contributed by atoms with Gasteiger partial charge in [-0.05, 0) is 68.5 Å². The van der Waals surface area contributed by atoms with Crippen molar-refractivity contribution in [2.24, 2.45) is 5.92 Å². The summed E-state index contributed by atoms with van der Waals surface area (Å²) in [5.74, 6) is 0.151. The van der Waals surface area contributed by atoms with Gasteiger partial charge in [-0.15, -0.1) is 0 Å². The van der Waals surface area contributed by atoms with Crippen molar-refractivity contribution in [3.8, 4) is 11.1 Å². The van der Waals surface area contributed by atoms with Crippen molar-refractivity contribution in [2.75, 3.05) is 0 Å². The largest absolute Gasteiger partial charge is 0.349 e. The van der Waals surface area contributed by atoms with Gasteiger partial charge in [-0.2, -0.15) is 15.3 Å². The molecule has 40 heavy (non-hydrogen) atoms. The standard InChI is InChI=1S/C29H32N8O3/c1-16-10-25(29(40)32-14-23-7-6-8-33-34-23)37(18(16)3)26(39)15-36-28-17(2)9-21(22-12-30-20(5)31-13-22)11-24(28)27(35-36)19(4)38/h6-9,11-13,16,18,25H,10,14-15H2,1-5H3,(H,32,40)/t16-,18+,25-/m0/s1. The topological polar surface area (TPSA) is 136 Å². The lowest BCUT2D eigenvalue weighted by atomic mass is 10.0. The molecule has 0 unspecified atom stereocenters. The van der Waals surface area contributed by atoms with Crippen LogP contribution in [-0.4, -0.2) is 64.5 Å². The number of ketones is 1. The summed E-state index contributed by atoms with van der Waals surface area (Å²) >= 11 is 0. The van der Waals surface area contributed by atoms with Crippen LogP contribution in [-0.2, 0) is 22.7 Å². The molecule has 2 amide bonds. The molecule has 1 N–H and O–H groups in total. The maximum Gasteiger partial charge on any atom is 0.245 e. The summed E-state index contributed by atoms with van der Waals surface area (Å²) in [4.78, 5) is 49.8. The summed E-state index contributed by atoms with van der Waals surface area (Å²) in [6.07, 6.45) is 5.62. The van der Waals surface area contributed by atoms with Crippen LogP contribution in [0.25, 0.3) is 22.0 Å². The first kappa shape index (κ1) is 27.0. The molecule has 0 radical (unpaired) electrons. The van der Waals surface area contributed by atoms with Gasteiger partial charge in [0.1, 0.15) is 24.1 Å². The molecule has 4 aromatic rings. The number of fused-ring (bicyclic) bond motifs is 1. The second-order valence-corrected chi connectivity index (χ2v) is 10.5. The van der Waals surface area contributed by atoms with Gasteiger partial charge in [0.05, 0.1) is 17.8 Å². The van der Waals surface area contributed by atoms with E-state index in [0.717, 1.165) is 16.7 Å². The highest BCUT2D eigenvalue weighted by molar-refractivity contribution is 6.07. The average Bonchev–Trinajstić information content (AvgIpc) is 3.45. The lowest BCUT2D eigenvalue weighted by Gasteiger charge is -2.28. The van der Waals surface area contributed by atoms with Gasteiger partial charge in [0.2, 0.25) is 11.8 Å². The molecule has 0 aliphatic carbocycles. The molecule has 0 spiro atoms. The first-order chi connectivity index (χ1) is 19.1. The van der Waals surface area contributed by atoms with Crippen LogP contribution in [0, 0.1) is 19.8 Å². The van der Waals surface area contributed by atoms with Crippen molar-refractivity contribution in [3.05, 3.63) is 65.6 Å². The molecule has 206 valence electrons. The fourth-order valence-corrected chi connectivity index (χ4v) is 5.40. The van der Waals surface area contributed by atoms with Gasteiger partial charge in [0.15, 0.2) is 5.78 Å². The number of rotatable bonds is 7. The molecule has 3 aromatic heterocycles. The van der Waals surface area contributed by atoms with Crippen LogP contribution in [0.15, 0.2) is 42.9 Å². The van der Waals surface area contributed by atoms with Crippen molar-refractivity contribution >= 4 is 28.5 Å². The Balaban J connectivity index is 1.44. The van der Waals surface area contributed by atoms with E-state index >= 15 is 0 Å². The summed E-state index contributed by atoms with van der Waals surface area (Å²) in [7, 11) is 0. The highest BCUT2D eigenvalue weighted by atomic mass is 16.2. The third kappa shape index (κ3) is 5.18. The van der Waals surface area contributed by atoms with Gasteiger partial charge < -0.3 is 10.2 Å². The van der Waals surface area contributed by atoms with Crippen LogP contribution in [0.4, 0.5) is 0 Å². The quantitative estimate of drug-likeness (QED) is 0.353. The molecule has 1 fully saturated rings. The van der Waals surface area contributed by atoms with Crippen LogP contribution in [0.2, 0.25) is 0 Å². The summed E-state index contributed by atoms with van der Waals surface area (Å²) in [5, 5.41) is 16.0. The van der Waals surface area contributed by atoms with E-state index in [4.69, 9.17) is 0 Å². The average molecular weight is 541 g/mol. The predicted molar refractivity (Wildman–Crippen MR) is 148 cm³/mol. The number of benzene rings is 1. The molecule has 1 aliphatic heterocycles. The Morgan fingerprint density at radius 1 is 1.07 bits per heavy atom. The maximum atomic E-state index is 13.8. The lowest BCUT2D eigenvalue weighted by Crippen LogP contribution is -2.49. The molecule has 11 nitrogen and oxygen atoms in total. The number of aryl methyl sites for hydroxylation is 2. The van der Waals surface area contributed by atoms with Gasteiger partial charge in [-0.3, -0.25) is 19.1 Å². The third-order valence-electron chi connectivity index (χ3n) is 7.62. The SMILES string of the molecule is CC(=O)c1nn(CC(=O)N2[C@H](C)[C@@H](C)C[C@H]2C(=O)NCc2cccnn2)c2c(C)cc(-c3cnc(C)nc3)cc12. The molecule has 5 rings (SSSR count). The van der Waals surface area contributed by atoms with E-state index in [2.05, 4.69) is 30.6 Å². The number of carbonyl (C=O) groups excluding carboxylic acids is 3. The lowest BCUT2D eigenvalue weighted by molar-refractivity contribution is -0.140. The Bertz CT molecular complexity index is 1580. The summed E-state index contributed by atoms with van der Waals surface area (Å²) in [6.45, 7) is 9.35. The minimum absolute atomic E-state index is 0.0946. The maximum absolute atomic E-state index is 13.8. The first-order valence-corrected chi connectivity index (χ1v) is 13.3. The number of hydrogen-bond donors (Lipinski definition) is 1. The molecule has 0 bridgehead atoms. The molecular formula is C29H32N8O3. The van der Waals surface area contributed by atoms with E-state index in [1.54, 1.807) is 40.3 Å². The van der Waals surface area contributed by atoms with E-state index < -0.39 is 6.04 Å². The van der Waals surface area contributed by atoms with E-state index in [0.29, 0.717) is 34.5 Å². The van der Waals surface area contributed by atoms with Crippen molar-refractivity contribution in [1.29, 1.82) is 0 Å². The second kappa shape index (κ2) is 10.9. The number of amides is 2. The van der Waals surface area contributed by atoms with E-state index in [9.17, 15) is 14.4 Å². The van der Waals surface area contributed by atoms with Crippen LogP contribution in [0.3, 0.4) is 0 Å². The van der Waals surface area contributed by atoms with Gasteiger partial charge in [-0.1, -0.05) is 6.92 Å². The molecule has 1 saturated heterocycles. The third-order valence-corrected chi connectivity index (χ3v) is 7.62. The predicted octanol–water partition coefficient (Wildman–Crippen LogP) is 3.04. The normalized spacial score (nSPS) is 18.7. The number of likely N-dealkylation sites (tertiary alicyclic amines) is 1. The summed E-state index contributed by atoms with van der Waals surface area (Å²) in [5.41, 5.74) is 4.19. The smallest absolute Gasteiger partial charge is 0.245 e. The summed E-state index contributed by atoms with van der Waals surface area (Å²) < 4.78 is 1.59. The fraction of sp³-hybridized carbons (Fsp3) is 0.379. The Morgan fingerprint density at radius 2 is 1.82 bits per heavy atom. The van der Waals surface area contributed by atoms with Gasteiger partial charge in [0, 0.05) is 42.5 Å². The van der Waals surface area contributed by atoms with Crippen LogP contribution >= 0.6 is 0 Å². The van der Waals surface area contributed by atoms with Gasteiger partial charge >= 0.3 is 0 Å². The Labute approximate surface area is 232 Å². The molecule has 11 heteroatoms. The zero-order valence-electron chi connectivity index (χ0n) is 23.3. The number of aromatic nitrogens is 6. The molecule has 1 aromatic carbocycles. The molecule has 3 atom stereocenters. The minimum Gasteiger partial charge on any atom is -0.349 e. The number of carbonyl (C=O) groups is 3. The molecular weight excluding hydrogens is 508 g/mol. The van der Waals surface area contributed by atoms with Crippen LogP contribution < -0.4 is 5.32 Å². The van der Waals surface area contributed by atoms with Crippen molar-refractivity contribution in [1.82, 2.24) is 40.2 Å². The Hall–Kier alpha value is -4.54. The second-order valence-electron chi connectivity index (χ2n) is 10.5.